The van der Waals surface area contributed by atoms with Crippen LogP contribution in [0.5, 0.6) is 11.5 Å². The van der Waals surface area contributed by atoms with E-state index >= 15 is 0 Å². The zero-order chi connectivity index (χ0) is 24.0. The van der Waals surface area contributed by atoms with Crippen molar-refractivity contribution in [3.05, 3.63) is 65.2 Å². The van der Waals surface area contributed by atoms with E-state index in [4.69, 9.17) is 14.2 Å². The number of allylic oxidation sites excluding steroid dienone is 1. The summed E-state index contributed by atoms with van der Waals surface area (Å²) in [4.78, 5) is 26.7. The van der Waals surface area contributed by atoms with E-state index in [9.17, 15) is 14.9 Å². The van der Waals surface area contributed by atoms with Gasteiger partial charge in [-0.1, -0.05) is 30.3 Å². The minimum atomic E-state index is -0.750. The largest absolute Gasteiger partial charge is 0.493 e. The maximum Gasteiger partial charge on any atom is 0.337 e. The fourth-order valence-corrected chi connectivity index (χ4v) is 4.04. The van der Waals surface area contributed by atoms with Gasteiger partial charge in [0.2, 0.25) is 0 Å². The molecule has 2 aromatic carbocycles. The average Bonchev–Trinajstić information content (AvgIpc) is 2.84. The van der Waals surface area contributed by atoms with Gasteiger partial charge in [-0.25, -0.2) is 4.79 Å². The van der Waals surface area contributed by atoms with Gasteiger partial charge in [-0.15, -0.1) is 0 Å². The van der Waals surface area contributed by atoms with Crippen molar-refractivity contribution in [1.82, 2.24) is 4.90 Å². The number of rotatable bonds is 6. The SMILES string of the molecule is COC(=O)c1ccc(OC(C)C(=O)N2CC/C(=C(\C#N)c3ccccc3)CC2C)c(OC)c1. The molecule has 1 heterocycles. The number of methoxy groups -OCH3 is 2. The summed E-state index contributed by atoms with van der Waals surface area (Å²) in [5.41, 5.74) is 2.99. The molecule has 0 spiro atoms. The molecule has 0 bridgehead atoms. The van der Waals surface area contributed by atoms with E-state index < -0.39 is 12.1 Å². The Hall–Kier alpha value is -3.79. The van der Waals surface area contributed by atoms with Gasteiger partial charge in [0, 0.05) is 12.6 Å². The quantitative estimate of drug-likeness (QED) is 0.485. The third-order valence-corrected chi connectivity index (χ3v) is 5.78. The lowest BCUT2D eigenvalue weighted by atomic mass is 9.90. The molecule has 2 unspecified atom stereocenters. The summed E-state index contributed by atoms with van der Waals surface area (Å²) < 4.78 is 16.0. The van der Waals surface area contributed by atoms with Crippen LogP contribution in [-0.4, -0.2) is 49.7 Å². The molecule has 1 saturated heterocycles. The van der Waals surface area contributed by atoms with Gasteiger partial charge < -0.3 is 19.1 Å². The number of amides is 1. The molecule has 0 N–H and O–H groups in total. The number of likely N-dealkylation sites (tertiary alicyclic amines) is 1. The number of carbonyl (C=O) groups excluding carboxylic acids is 2. The molecule has 33 heavy (non-hydrogen) atoms. The second-order valence-electron chi connectivity index (χ2n) is 7.91. The van der Waals surface area contributed by atoms with Gasteiger partial charge in [0.05, 0.1) is 31.4 Å². The number of nitriles is 1. The molecule has 0 aromatic heterocycles. The number of nitrogens with zero attached hydrogens (tertiary/aromatic N) is 2. The van der Waals surface area contributed by atoms with Crippen LogP contribution in [0, 0.1) is 11.3 Å². The number of piperidine rings is 1. The van der Waals surface area contributed by atoms with Crippen LogP contribution in [0.2, 0.25) is 0 Å². The van der Waals surface area contributed by atoms with Crippen molar-refractivity contribution in [3.8, 4) is 17.6 Å². The minimum absolute atomic E-state index is 0.0667. The summed E-state index contributed by atoms with van der Waals surface area (Å²) >= 11 is 0. The standard InChI is InChI=1S/C26H28N2O5/c1-17-14-20(22(16-27)19-8-6-5-7-9-19)12-13-28(17)25(29)18(2)33-23-11-10-21(26(30)32-4)15-24(23)31-3/h5-11,15,17-18H,12-14H2,1-4H3/b22-20-. The van der Waals surface area contributed by atoms with Crippen molar-refractivity contribution < 1.29 is 23.8 Å². The Morgan fingerprint density at radius 2 is 1.82 bits per heavy atom. The molecule has 1 fully saturated rings. The monoisotopic (exact) mass is 448 g/mol. The topological polar surface area (TPSA) is 88.9 Å². The molecule has 1 aliphatic heterocycles. The van der Waals surface area contributed by atoms with Crippen molar-refractivity contribution in [1.29, 1.82) is 5.26 Å². The number of carbonyl (C=O) groups is 2. The first-order valence-corrected chi connectivity index (χ1v) is 10.8. The number of hydrogen-bond donors (Lipinski definition) is 0. The van der Waals surface area contributed by atoms with E-state index in [1.807, 2.05) is 37.3 Å². The number of ether oxygens (including phenoxy) is 3. The summed E-state index contributed by atoms with van der Waals surface area (Å²) in [6.07, 6.45) is 0.519. The Balaban J connectivity index is 1.72. The van der Waals surface area contributed by atoms with Crippen molar-refractivity contribution >= 4 is 17.4 Å². The van der Waals surface area contributed by atoms with E-state index in [1.54, 1.807) is 24.0 Å². The molecule has 7 heteroatoms. The third-order valence-electron chi connectivity index (χ3n) is 5.78. The number of hydrogen-bond acceptors (Lipinski definition) is 6. The van der Waals surface area contributed by atoms with Gasteiger partial charge in [0.15, 0.2) is 17.6 Å². The van der Waals surface area contributed by atoms with Crippen LogP contribution in [0.1, 0.15) is 42.6 Å². The first-order chi connectivity index (χ1) is 15.9. The molecular formula is C26H28N2O5. The second-order valence-corrected chi connectivity index (χ2v) is 7.91. The second kappa shape index (κ2) is 10.7. The highest BCUT2D eigenvalue weighted by atomic mass is 16.5. The van der Waals surface area contributed by atoms with Crippen LogP contribution in [0.25, 0.3) is 5.57 Å². The molecule has 3 rings (SSSR count). The van der Waals surface area contributed by atoms with Crippen LogP contribution in [-0.2, 0) is 9.53 Å². The summed E-state index contributed by atoms with van der Waals surface area (Å²) in [5.74, 6) is 0.0872. The zero-order valence-electron chi connectivity index (χ0n) is 19.3. The molecule has 1 amide bonds. The Labute approximate surface area is 194 Å². The molecule has 0 saturated carbocycles. The molecule has 0 aliphatic carbocycles. The zero-order valence-corrected chi connectivity index (χ0v) is 19.3. The normalized spacial score (nSPS) is 18.0. The number of benzene rings is 2. The maximum absolute atomic E-state index is 13.2. The fraction of sp³-hybridized carbons (Fsp3) is 0.346. The van der Waals surface area contributed by atoms with Gasteiger partial charge >= 0.3 is 5.97 Å². The van der Waals surface area contributed by atoms with Gasteiger partial charge in [-0.2, -0.15) is 5.26 Å². The van der Waals surface area contributed by atoms with Crippen LogP contribution in [0.3, 0.4) is 0 Å². The average molecular weight is 449 g/mol. The van der Waals surface area contributed by atoms with Crippen molar-refractivity contribution in [3.63, 3.8) is 0 Å². The lowest BCUT2D eigenvalue weighted by Gasteiger charge is -2.36. The van der Waals surface area contributed by atoms with E-state index in [2.05, 4.69) is 6.07 Å². The lowest BCUT2D eigenvalue weighted by molar-refractivity contribution is -0.140. The summed E-state index contributed by atoms with van der Waals surface area (Å²) in [6.45, 7) is 4.19. The van der Waals surface area contributed by atoms with Crippen molar-refractivity contribution in [2.75, 3.05) is 20.8 Å². The third kappa shape index (κ3) is 5.35. The fourth-order valence-electron chi connectivity index (χ4n) is 4.04. The van der Waals surface area contributed by atoms with E-state index in [-0.39, 0.29) is 11.9 Å². The molecule has 2 aromatic rings. The Kier molecular flexibility index (Phi) is 7.73. The summed E-state index contributed by atoms with van der Waals surface area (Å²) in [5, 5.41) is 9.72. The Bertz CT molecular complexity index is 1090. The maximum atomic E-state index is 13.2. The molecule has 1 aliphatic rings. The Morgan fingerprint density at radius 3 is 2.42 bits per heavy atom. The molecule has 0 radical (unpaired) electrons. The molecule has 2 atom stereocenters. The molecular weight excluding hydrogens is 420 g/mol. The van der Waals surface area contributed by atoms with E-state index in [0.29, 0.717) is 42.0 Å². The molecule has 172 valence electrons. The van der Waals surface area contributed by atoms with E-state index in [1.165, 1.54) is 20.3 Å². The van der Waals surface area contributed by atoms with Crippen LogP contribution in [0.4, 0.5) is 0 Å². The lowest BCUT2D eigenvalue weighted by Crippen LogP contribution is -2.48. The Morgan fingerprint density at radius 1 is 1.09 bits per heavy atom. The van der Waals surface area contributed by atoms with Gasteiger partial charge in [-0.05, 0) is 56.0 Å². The van der Waals surface area contributed by atoms with Crippen LogP contribution < -0.4 is 9.47 Å². The minimum Gasteiger partial charge on any atom is -0.493 e. The number of esters is 1. The van der Waals surface area contributed by atoms with Crippen molar-refractivity contribution in [2.45, 2.75) is 38.8 Å². The smallest absolute Gasteiger partial charge is 0.337 e. The highest BCUT2D eigenvalue weighted by molar-refractivity contribution is 5.90. The van der Waals surface area contributed by atoms with Crippen molar-refractivity contribution in [2.24, 2.45) is 0 Å². The molecule has 7 nitrogen and oxygen atoms in total. The van der Waals surface area contributed by atoms with Gasteiger partial charge in [0.25, 0.3) is 5.91 Å². The van der Waals surface area contributed by atoms with Gasteiger partial charge in [0.1, 0.15) is 0 Å². The predicted octanol–water partition coefficient (Wildman–Crippen LogP) is 4.24. The first kappa shape index (κ1) is 23.9. The highest BCUT2D eigenvalue weighted by Gasteiger charge is 2.31. The predicted molar refractivity (Wildman–Crippen MR) is 124 cm³/mol. The first-order valence-electron chi connectivity index (χ1n) is 10.8. The van der Waals surface area contributed by atoms with Crippen LogP contribution in [0.15, 0.2) is 54.1 Å². The van der Waals surface area contributed by atoms with Crippen LogP contribution >= 0.6 is 0 Å². The summed E-state index contributed by atoms with van der Waals surface area (Å²) in [6, 6.07) is 16.6. The summed E-state index contributed by atoms with van der Waals surface area (Å²) in [7, 11) is 2.77. The van der Waals surface area contributed by atoms with E-state index in [0.717, 1.165) is 11.1 Å². The highest BCUT2D eigenvalue weighted by Crippen LogP contribution is 2.32. The van der Waals surface area contributed by atoms with Gasteiger partial charge in [-0.3, -0.25) is 4.79 Å².